The first kappa shape index (κ1) is 17.7. The van der Waals surface area contributed by atoms with E-state index < -0.39 is 12.1 Å². The Morgan fingerprint density at radius 2 is 1.88 bits per heavy atom. The van der Waals surface area contributed by atoms with Crippen LogP contribution in [0.1, 0.15) is 0 Å². The monoisotopic (exact) mass is 343 g/mol. The van der Waals surface area contributed by atoms with E-state index in [1.807, 2.05) is 12.3 Å². The molecule has 0 saturated carbocycles. The summed E-state index contributed by atoms with van der Waals surface area (Å²) < 4.78 is 31.7. The van der Waals surface area contributed by atoms with Crippen LogP contribution in [0.5, 0.6) is 0 Å². The van der Waals surface area contributed by atoms with Crippen molar-refractivity contribution in [3.05, 3.63) is 30.6 Å². The summed E-state index contributed by atoms with van der Waals surface area (Å²) in [7, 11) is 0. The molecule has 0 spiro atoms. The molecule has 130 valence electrons. The lowest BCUT2D eigenvalue weighted by Gasteiger charge is -2.28. The fraction of sp³-hybridized carbons (Fsp3) is 0.357. The van der Waals surface area contributed by atoms with Gasteiger partial charge in [-0.15, -0.1) is 0 Å². The van der Waals surface area contributed by atoms with Crippen molar-refractivity contribution >= 4 is 11.8 Å². The zero-order valence-corrected chi connectivity index (χ0v) is 12.5. The van der Waals surface area contributed by atoms with Gasteiger partial charge in [0.05, 0.1) is 5.69 Å². The van der Waals surface area contributed by atoms with Crippen molar-refractivity contribution < 1.29 is 23.1 Å². The second-order valence-corrected chi connectivity index (χ2v) is 4.92. The maximum Gasteiger partial charge on any atom is 0.490 e. The zero-order chi connectivity index (χ0) is 17.6. The van der Waals surface area contributed by atoms with Gasteiger partial charge in [-0.25, -0.2) is 9.78 Å². The number of carbonyl (C=O) groups is 1. The van der Waals surface area contributed by atoms with E-state index >= 15 is 0 Å². The molecule has 1 aliphatic rings. The van der Waals surface area contributed by atoms with Gasteiger partial charge < -0.3 is 15.3 Å². The van der Waals surface area contributed by atoms with Gasteiger partial charge in [0.15, 0.2) is 0 Å². The number of pyridine rings is 1. The number of nitrogens with one attached hydrogen (secondary N) is 2. The number of rotatable bonds is 2. The van der Waals surface area contributed by atoms with Crippen LogP contribution in [-0.2, 0) is 4.79 Å². The predicted octanol–water partition coefficient (Wildman–Crippen LogP) is 1.51. The first-order valence-electron chi connectivity index (χ1n) is 7.09. The molecule has 0 unspecified atom stereocenters. The lowest BCUT2D eigenvalue weighted by atomic mass is 10.2. The van der Waals surface area contributed by atoms with E-state index in [0.717, 1.165) is 43.3 Å². The Morgan fingerprint density at radius 1 is 1.21 bits per heavy atom. The third-order valence-corrected chi connectivity index (χ3v) is 3.24. The Kier molecular flexibility index (Phi) is 5.74. The van der Waals surface area contributed by atoms with Gasteiger partial charge in [-0.1, -0.05) is 0 Å². The zero-order valence-electron chi connectivity index (χ0n) is 12.5. The quantitative estimate of drug-likeness (QED) is 0.765. The van der Waals surface area contributed by atoms with Crippen LogP contribution in [0.2, 0.25) is 0 Å². The second kappa shape index (κ2) is 7.77. The van der Waals surface area contributed by atoms with Crippen molar-refractivity contribution in [1.29, 1.82) is 0 Å². The molecule has 10 heteroatoms. The minimum absolute atomic E-state index is 1.00. The van der Waals surface area contributed by atoms with Gasteiger partial charge in [-0.05, 0) is 18.2 Å². The number of halogens is 3. The van der Waals surface area contributed by atoms with Crippen molar-refractivity contribution in [2.45, 2.75) is 6.18 Å². The largest absolute Gasteiger partial charge is 0.490 e. The highest BCUT2D eigenvalue weighted by atomic mass is 19.4. The van der Waals surface area contributed by atoms with Gasteiger partial charge in [-0.3, -0.25) is 5.10 Å². The van der Waals surface area contributed by atoms with E-state index in [-0.39, 0.29) is 0 Å². The van der Waals surface area contributed by atoms with Gasteiger partial charge in [0, 0.05) is 44.1 Å². The number of hydrogen-bond donors (Lipinski definition) is 3. The summed E-state index contributed by atoms with van der Waals surface area (Å²) in [6.07, 6.45) is -1.44. The smallest absolute Gasteiger partial charge is 0.475 e. The predicted molar refractivity (Wildman–Crippen MR) is 80.6 cm³/mol. The maximum atomic E-state index is 10.6. The van der Waals surface area contributed by atoms with Crippen LogP contribution in [-0.4, -0.2) is 58.6 Å². The molecule has 2 aromatic rings. The van der Waals surface area contributed by atoms with Crippen molar-refractivity contribution in [3.8, 4) is 11.3 Å². The Labute approximate surface area is 135 Å². The van der Waals surface area contributed by atoms with E-state index in [4.69, 9.17) is 9.90 Å². The summed E-state index contributed by atoms with van der Waals surface area (Å²) >= 11 is 0. The van der Waals surface area contributed by atoms with E-state index in [0.29, 0.717) is 0 Å². The van der Waals surface area contributed by atoms with Gasteiger partial charge >= 0.3 is 12.1 Å². The number of nitrogens with zero attached hydrogens (tertiary/aromatic N) is 3. The van der Waals surface area contributed by atoms with Crippen molar-refractivity contribution in [2.75, 3.05) is 31.1 Å². The van der Waals surface area contributed by atoms with Crippen LogP contribution in [0.3, 0.4) is 0 Å². The number of aliphatic carboxylic acids is 1. The standard InChI is InChI=1S/C12H15N5.C2HF3O2/c1-2-12(17-7-5-13-6-8-17)14-9-10(1)11-3-4-15-16-11;3-2(4,5)1(6)7/h1-4,9,13H,5-8H2,(H,15,16);(H,6,7). The van der Waals surface area contributed by atoms with Gasteiger partial charge in [0.2, 0.25) is 0 Å². The molecule has 7 nitrogen and oxygen atoms in total. The molecule has 0 aromatic carbocycles. The number of aromatic amines is 1. The van der Waals surface area contributed by atoms with Crippen LogP contribution in [0.4, 0.5) is 19.0 Å². The number of aromatic nitrogens is 3. The number of hydrogen-bond acceptors (Lipinski definition) is 5. The SMILES string of the molecule is O=C(O)C(F)(F)F.c1cc(-c2ccc(N3CCNCC3)nc2)[nH]n1. The molecule has 1 saturated heterocycles. The average molecular weight is 343 g/mol. The van der Waals surface area contributed by atoms with Crippen molar-refractivity contribution in [3.63, 3.8) is 0 Å². The number of carboxylic acids is 1. The minimum atomic E-state index is -5.08. The molecule has 1 aliphatic heterocycles. The fourth-order valence-corrected chi connectivity index (χ4v) is 2.04. The van der Waals surface area contributed by atoms with Crippen LogP contribution < -0.4 is 10.2 Å². The topological polar surface area (TPSA) is 94.1 Å². The van der Waals surface area contributed by atoms with Gasteiger partial charge in [-0.2, -0.15) is 18.3 Å². The molecule has 3 rings (SSSR count). The molecule has 0 atom stereocenters. The lowest BCUT2D eigenvalue weighted by Crippen LogP contribution is -2.43. The van der Waals surface area contributed by atoms with Crippen molar-refractivity contribution in [2.24, 2.45) is 0 Å². The number of carboxylic acid groups (broad SMARTS) is 1. The molecule has 2 aromatic heterocycles. The highest BCUT2D eigenvalue weighted by Gasteiger charge is 2.38. The number of anilines is 1. The number of H-pyrrole nitrogens is 1. The summed E-state index contributed by atoms with van der Waals surface area (Å²) in [5.41, 5.74) is 2.07. The van der Waals surface area contributed by atoms with Crippen LogP contribution in [0, 0.1) is 0 Å². The second-order valence-electron chi connectivity index (χ2n) is 4.92. The van der Waals surface area contributed by atoms with E-state index in [1.165, 1.54) is 0 Å². The minimum Gasteiger partial charge on any atom is -0.475 e. The van der Waals surface area contributed by atoms with Crippen LogP contribution in [0.25, 0.3) is 11.3 Å². The summed E-state index contributed by atoms with van der Waals surface area (Å²) in [5, 5.41) is 17.3. The molecule has 0 radical (unpaired) electrons. The molecule has 24 heavy (non-hydrogen) atoms. The Bertz CT molecular complexity index is 637. The first-order chi connectivity index (χ1) is 11.4. The summed E-state index contributed by atoms with van der Waals surface area (Å²) in [6.45, 7) is 4.11. The number of piperazine rings is 1. The normalized spacial score (nSPS) is 14.7. The average Bonchev–Trinajstić information content (AvgIpc) is 3.10. The van der Waals surface area contributed by atoms with E-state index in [1.54, 1.807) is 6.20 Å². The molecule has 0 bridgehead atoms. The van der Waals surface area contributed by atoms with Crippen LogP contribution in [0.15, 0.2) is 30.6 Å². The first-order valence-corrected chi connectivity index (χ1v) is 7.09. The summed E-state index contributed by atoms with van der Waals surface area (Å²) in [6, 6.07) is 6.10. The Hall–Kier alpha value is -2.62. The summed E-state index contributed by atoms with van der Waals surface area (Å²) in [4.78, 5) is 15.7. The molecule has 3 heterocycles. The third-order valence-electron chi connectivity index (χ3n) is 3.24. The highest BCUT2D eigenvalue weighted by molar-refractivity contribution is 5.73. The Balaban J connectivity index is 0.000000256. The molecule has 0 aliphatic carbocycles. The number of alkyl halides is 3. The van der Waals surface area contributed by atoms with Gasteiger partial charge in [0.25, 0.3) is 0 Å². The molecular weight excluding hydrogens is 327 g/mol. The lowest BCUT2D eigenvalue weighted by molar-refractivity contribution is -0.192. The van der Waals surface area contributed by atoms with Gasteiger partial charge in [0.1, 0.15) is 5.82 Å². The summed E-state index contributed by atoms with van der Waals surface area (Å²) in [5.74, 6) is -1.71. The van der Waals surface area contributed by atoms with E-state index in [9.17, 15) is 13.2 Å². The molecular formula is C14H16F3N5O2. The van der Waals surface area contributed by atoms with E-state index in [2.05, 4.69) is 37.5 Å². The highest BCUT2D eigenvalue weighted by Crippen LogP contribution is 2.18. The fourth-order valence-electron chi connectivity index (χ4n) is 2.04. The van der Waals surface area contributed by atoms with Crippen molar-refractivity contribution in [1.82, 2.24) is 20.5 Å². The molecule has 1 fully saturated rings. The third kappa shape index (κ3) is 4.95. The molecule has 0 amide bonds. The Morgan fingerprint density at radius 3 is 2.33 bits per heavy atom. The maximum absolute atomic E-state index is 10.6. The molecule has 3 N–H and O–H groups in total. The van der Waals surface area contributed by atoms with Crippen LogP contribution >= 0.6 is 0 Å².